The number of methoxy groups -OCH3 is 1. The molecule has 1 aromatic heterocycles. The van der Waals surface area contributed by atoms with E-state index in [0.29, 0.717) is 0 Å². The van der Waals surface area contributed by atoms with Gasteiger partial charge in [-0.05, 0) is 29.8 Å². The number of hydrogen-bond acceptors (Lipinski definition) is 2. The maximum absolute atomic E-state index is 6.58. The average Bonchev–Trinajstić information content (AvgIpc) is 2.85. The summed E-state index contributed by atoms with van der Waals surface area (Å²) in [4.78, 5) is 4.79. The average molecular weight is 318 g/mol. The molecular weight excluding hydrogens is 305 g/mol. The summed E-state index contributed by atoms with van der Waals surface area (Å²) in [6.45, 7) is 0. The lowest BCUT2D eigenvalue weighted by Crippen LogP contribution is -1.89. The molecule has 21 heavy (non-hydrogen) atoms. The highest BCUT2D eigenvalue weighted by Crippen LogP contribution is 2.42. The minimum absolute atomic E-state index is 0. The highest BCUT2D eigenvalue weighted by Gasteiger charge is 2.24. The van der Waals surface area contributed by atoms with E-state index in [1.54, 1.807) is 7.11 Å². The Kier molecular flexibility index (Phi) is 3.52. The standard InChI is InChI=1S/C17H12ClNO.ClH/c1-20-11-6-7-12-10(8-11)9-14-16(18)13-4-2-3-5-15(13)19-17(12)14;/h2-8H,9H2,1H3;1H. The van der Waals surface area contributed by atoms with Crippen LogP contribution in [-0.2, 0) is 6.42 Å². The lowest BCUT2D eigenvalue weighted by atomic mass is 10.1. The monoisotopic (exact) mass is 317 g/mol. The predicted octanol–water partition coefficient (Wildman–Crippen LogP) is 4.89. The molecule has 4 rings (SSSR count). The first-order valence-electron chi connectivity index (χ1n) is 6.52. The van der Waals surface area contributed by atoms with E-state index in [2.05, 4.69) is 12.1 Å². The van der Waals surface area contributed by atoms with Crippen LogP contribution in [0.1, 0.15) is 11.1 Å². The van der Waals surface area contributed by atoms with Crippen molar-refractivity contribution in [2.75, 3.05) is 7.11 Å². The summed E-state index contributed by atoms with van der Waals surface area (Å²) in [5, 5.41) is 1.84. The Labute approximate surface area is 134 Å². The summed E-state index contributed by atoms with van der Waals surface area (Å²) in [6.07, 6.45) is 0.818. The zero-order chi connectivity index (χ0) is 13.7. The first-order chi connectivity index (χ1) is 9.78. The van der Waals surface area contributed by atoms with Crippen molar-refractivity contribution in [1.82, 2.24) is 4.98 Å². The second-order valence-electron chi connectivity index (χ2n) is 4.97. The smallest absolute Gasteiger partial charge is 0.119 e. The number of nitrogens with zero attached hydrogens (tertiary/aromatic N) is 1. The Balaban J connectivity index is 0.00000132. The summed E-state index contributed by atoms with van der Waals surface area (Å²) in [7, 11) is 1.68. The second-order valence-corrected chi connectivity index (χ2v) is 5.35. The third-order valence-corrected chi connectivity index (χ3v) is 4.29. The Morgan fingerprint density at radius 1 is 1.14 bits per heavy atom. The third kappa shape index (κ3) is 2.06. The van der Waals surface area contributed by atoms with Gasteiger partial charge in [0.05, 0.1) is 23.3 Å². The Bertz CT molecular complexity index is 846. The fourth-order valence-corrected chi connectivity index (χ4v) is 3.18. The summed E-state index contributed by atoms with van der Waals surface area (Å²) in [6, 6.07) is 14.1. The van der Waals surface area contributed by atoms with Gasteiger partial charge in [0.15, 0.2) is 0 Å². The van der Waals surface area contributed by atoms with Gasteiger partial charge in [-0.2, -0.15) is 0 Å². The van der Waals surface area contributed by atoms with E-state index in [9.17, 15) is 0 Å². The van der Waals surface area contributed by atoms with Crippen LogP contribution in [-0.4, -0.2) is 12.1 Å². The van der Waals surface area contributed by atoms with E-state index >= 15 is 0 Å². The molecule has 0 unspecified atom stereocenters. The Morgan fingerprint density at radius 2 is 1.95 bits per heavy atom. The molecule has 0 saturated heterocycles. The number of pyridine rings is 1. The first-order valence-corrected chi connectivity index (χ1v) is 6.90. The number of hydrogen-bond donors (Lipinski definition) is 0. The molecule has 1 aliphatic rings. The summed E-state index contributed by atoms with van der Waals surface area (Å²) in [5.74, 6) is 0.872. The second kappa shape index (κ2) is 5.21. The molecule has 2 aromatic carbocycles. The molecule has 0 spiro atoms. The van der Waals surface area contributed by atoms with Crippen molar-refractivity contribution in [2.24, 2.45) is 0 Å². The van der Waals surface area contributed by atoms with Crippen molar-refractivity contribution in [3.05, 3.63) is 58.6 Å². The minimum Gasteiger partial charge on any atom is -0.497 e. The van der Waals surface area contributed by atoms with E-state index in [0.717, 1.165) is 44.9 Å². The summed E-state index contributed by atoms with van der Waals surface area (Å²) in [5.41, 5.74) is 5.46. The van der Waals surface area contributed by atoms with Crippen molar-refractivity contribution < 1.29 is 4.74 Å². The maximum atomic E-state index is 6.58. The highest BCUT2D eigenvalue weighted by atomic mass is 35.5. The molecule has 3 aromatic rings. The van der Waals surface area contributed by atoms with Gasteiger partial charge in [0.2, 0.25) is 0 Å². The van der Waals surface area contributed by atoms with E-state index in [4.69, 9.17) is 21.3 Å². The fourth-order valence-electron chi connectivity index (χ4n) is 2.86. The van der Waals surface area contributed by atoms with E-state index in [1.165, 1.54) is 5.56 Å². The number of ether oxygens (including phenoxy) is 1. The molecule has 1 heterocycles. The zero-order valence-electron chi connectivity index (χ0n) is 11.4. The quantitative estimate of drug-likeness (QED) is 0.498. The van der Waals surface area contributed by atoms with E-state index in [1.807, 2.05) is 30.3 Å². The van der Waals surface area contributed by atoms with Crippen LogP contribution in [0.2, 0.25) is 5.02 Å². The molecule has 0 fully saturated rings. The van der Waals surface area contributed by atoms with Crippen LogP contribution in [0.25, 0.3) is 22.2 Å². The molecule has 0 N–H and O–H groups in total. The van der Waals surface area contributed by atoms with Crippen molar-refractivity contribution in [2.45, 2.75) is 6.42 Å². The van der Waals surface area contributed by atoms with Crippen LogP contribution in [0.4, 0.5) is 0 Å². The predicted molar refractivity (Wildman–Crippen MR) is 88.8 cm³/mol. The van der Waals surface area contributed by atoms with Crippen LogP contribution in [0.5, 0.6) is 5.75 Å². The molecule has 0 aliphatic heterocycles. The molecule has 0 atom stereocenters. The third-order valence-electron chi connectivity index (χ3n) is 3.86. The Morgan fingerprint density at radius 3 is 2.76 bits per heavy atom. The van der Waals surface area contributed by atoms with Crippen molar-refractivity contribution in [3.63, 3.8) is 0 Å². The lowest BCUT2D eigenvalue weighted by Gasteiger charge is -2.06. The first kappa shape index (κ1) is 14.2. The number of para-hydroxylation sites is 1. The molecule has 0 radical (unpaired) electrons. The van der Waals surface area contributed by atoms with Crippen molar-refractivity contribution in [1.29, 1.82) is 0 Å². The highest BCUT2D eigenvalue weighted by molar-refractivity contribution is 6.36. The number of benzene rings is 2. The Hall–Kier alpha value is -1.77. The van der Waals surface area contributed by atoms with Crippen LogP contribution in [0.3, 0.4) is 0 Å². The number of aromatic nitrogens is 1. The van der Waals surface area contributed by atoms with Gasteiger partial charge < -0.3 is 4.74 Å². The fraction of sp³-hybridized carbons (Fsp3) is 0.118. The van der Waals surface area contributed by atoms with Crippen molar-refractivity contribution in [3.8, 4) is 17.0 Å². The molecule has 1 aliphatic carbocycles. The van der Waals surface area contributed by atoms with E-state index in [-0.39, 0.29) is 12.4 Å². The molecular formula is C17H13Cl2NO. The number of halogens is 2. The van der Waals surface area contributed by atoms with Gasteiger partial charge in [-0.15, -0.1) is 12.4 Å². The van der Waals surface area contributed by atoms with Crippen LogP contribution in [0.15, 0.2) is 42.5 Å². The summed E-state index contributed by atoms with van der Waals surface area (Å²) >= 11 is 6.58. The molecule has 4 heteroatoms. The van der Waals surface area contributed by atoms with Crippen LogP contribution < -0.4 is 4.74 Å². The van der Waals surface area contributed by atoms with Gasteiger partial charge in [-0.3, -0.25) is 0 Å². The molecule has 2 nitrogen and oxygen atoms in total. The zero-order valence-corrected chi connectivity index (χ0v) is 13.0. The maximum Gasteiger partial charge on any atom is 0.119 e. The SMILES string of the molecule is COc1ccc2c(c1)Cc1c-2nc2ccccc2c1Cl.Cl. The van der Waals surface area contributed by atoms with Gasteiger partial charge in [-0.25, -0.2) is 4.98 Å². The minimum atomic E-state index is 0. The molecule has 0 amide bonds. The summed E-state index contributed by atoms with van der Waals surface area (Å²) < 4.78 is 5.29. The number of fused-ring (bicyclic) bond motifs is 4. The van der Waals surface area contributed by atoms with Crippen LogP contribution >= 0.6 is 24.0 Å². The van der Waals surface area contributed by atoms with Gasteiger partial charge in [0.25, 0.3) is 0 Å². The van der Waals surface area contributed by atoms with Gasteiger partial charge >= 0.3 is 0 Å². The molecule has 106 valence electrons. The number of rotatable bonds is 1. The van der Waals surface area contributed by atoms with Gasteiger partial charge in [0, 0.05) is 22.9 Å². The van der Waals surface area contributed by atoms with E-state index < -0.39 is 0 Å². The topological polar surface area (TPSA) is 22.1 Å². The molecule has 0 bridgehead atoms. The largest absolute Gasteiger partial charge is 0.497 e. The molecule has 0 saturated carbocycles. The van der Waals surface area contributed by atoms with Gasteiger partial charge in [0.1, 0.15) is 5.75 Å². The van der Waals surface area contributed by atoms with Crippen LogP contribution in [0, 0.1) is 0 Å². The van der Waals surface area contributed by atoms with Crippen molar-refractivity contribution >= 4 is 34.9 Å². The normalized spacial score (nSPS) is 11.7. The van der Waals surface area contributed by atoms with Gasteiger partial charge in [-0.1, -0.05) is 29.8 Å². The lowest BCUT2D eigenvalue weighted by molar-refractivity contribution is 0.414.